The first-order chi connectivity index (χ1) is 12.1. The summed E-state index contributed by atoms with van der Waals surface area (Å²) in [7, 11) is 0. The predicted octanol–water partition coefficient (Wildman–Crippen LogP) is 5.40. The maximum absolute atomic E-state index is 12.0. The average Bonchev–Trinajstić information content (AvgIpc) is 3.10. The molecule has 3 rings (SSSR count). The Hall–Kier alpha value is -2.05. The third-order valence-electron chi connectivity index (χ3n) is 3.59. The molecular formula is C19H17BrN2O2S. The Morgan fingerprint density at radius 1 is 1.16 bits per heavy atom. The van der Waals surface area contributed by atoms with Crippen molar-refractivity contribution in [1.29, 1.82) is 0 Å². The van der Waals surface area contributed by atoms with Crippen LogP contribution >= 0.6 is 27.7 Å². The maximum atomic E-state index is 12.0. The van der Waals surface area contributed by atoms with E-state index in [9.17, 15) is 4.79 Å². The zero-order chi connectivity index (χ0) is 17.6. The lowest BCUT2D eigenvalue weighted by Gasteiger charge is -2.05. The number of aryl methyl sites for hydroxylation is 1. The summed E-state index contributed by atoms with van der Waals surface area (Å²) in [6.07, 6.45) is 2.65. The van der Waals surface area contributed by atoms with Gasteiger partial charge >= 0.3 is 0 Å². The first-order valence-corrected chi connectivity index (χ1v) is 9.65. The quantitative estimate of drug-likeness (QED) is 0.546. The smallest absolute Gasteiger partial charge is 0.256 e. The van der Waals surface area contributed by atoms with Crippen LogP contribution < -0.4 is 5.32 Å². The molecule has 0 fully saturated rings. The van der Waals surface area contributed by atoms with Crippen molar-refractivity contribution in [2.24, 2.45) is 0 Å². The summed E-state index contributed by atoms with van der Waals surface area (Å²) in [5, 5.41) is 3.35. The lowest BCUT2D eigenvalue weighted by atomic mass is 10.1. The molecule has 4 nitrogen and oxygen atoms in total. The first kappa shape index (κ1) is 17.8. The van der Waals surface area contributed by atoms with Crippen LogP contribution in [0.2, 0.25) is 0 Å². The normalized spacial score (nSPS) is 10.6. The number of halogens is 1. The van der Waals surface area contributed by atoms with Crippen LogP contribution in [0.25, 0.3) is 11.3 Å². The molecule has 0 aliphatic rings. The van der Waals surface area contributed by atoms with Crippen molar-refractivity contribution in [3.63, 3.8) is 0 Å². The lowest BCUT2D eigenvalue weighted by Crippen LogP contribution is -2.13. The molecule has 0 saturated carbocycles. The largest absolute Gasteiger partial charge is 0.431 e. The van der Waals surface area contributed by atoms with Gasteiger partial charge in [-0.05, 0) is 36.2 Å². The van der Waals surface area contributed by atoms with Gasteiger partial charge in [0.2, 0.25) is 5.91 Å². The Bertz CT molecular complexity index is 845. The SMILES string of the molecule is CCc1ccc(NC(=O)CSc2ncc(-c3ccc(Br)cc3)o2)cc1. The molecule has 1 aromatic heterocycles. The Morgan fingerprint density at radius 3 is 2.56 bits per heavy atom. The molecular weight excluding hydrogens is 400 g/mol. The molecule has 128 valence electrons. The maximum Gasteiger partial charge on any atom is 0.256 e. The van der Waals surface area contributed by atoms with Crippen molar-refractivity contribution in [3.05, 3.63) is 64.8 Å². The van der Waals surface area contributed by atoms with E-state index in [4.69, 9.17) is 4.42 Å². The van der Waals surface area contributed by atoms with E-state index in [-0.39, 0.29) is 11.7 Å². The number of carbonyl (C=O) groups is 1. The van der Waals surface area contributed by atoms with Gasteiger partial charge in [0, 0.05) is 15.7 Å². The van der Waals surface area contributed by atoms with Gasteiger partial charge < -0.3 is 9.73 Å². The third-order valence-corrected chi connectivity index (χ3v) is 4.96. The van der Waals surface area contributed by atoms with Crippen molar-refractivity contribution in [2.75, 3.05) is 11.1 Å². The van der Waals surface area contributed by atoms with Crippen LogP contribution in [-0.4, -0.2) is 16.6 Å². The molecule has 1 amide bonds. The molecule has 25 heavy (non-hydrogen) atoms. The molecule has 2 aromatic carbocycles. The van der Waals surface area contributed by atoms with Gasteiger partial charge in [0.15, 0.2) is 5.76 Å². The number of nitrogens with zero attached hydrogens (tertiary/aromatic N) is 1. The van der Waals surface area contributed by atoms with Crippen LogP contribution in [-0.2, 0) is 11.2 Å². The van der Waals surface area contributed by atoms with Crippen molar-refractivity contribution >= 4 is 39.3 Å². The summed E-state index contributed by atoms with van der Waals surface area (Å²) in [6, 6.07) is 15.7. The minimum absolute atomic E-state index is 0.0855. The molecule has 0 radical (unpaired) electrons. The highest BCUT2D eigenvalue weighted by Gasteiger charge is 2.10. The van der Waals surface area contributed by atoms with E-state index >= 15 is 0 Å². The number of aromatic nitrogens is 1. The van der Waals surface area contributed by atoms with Crippen molar-refractivity contribution < 1.29 is 9.21 Å². The highest BCUT2D eigenvalue weighted by Crippen LogP contribution is 2.26. The number of benzene rings is 2. The van der Waals surface area contributed by atoms with Gasteiger partial charge in [-0.15, -0.1) is 0 Å². The Labute approximate surface area is 159 Å². The summed E-state index contributed by atoms with van der Waals surface area (Å²) in [5.41, 5.74) is 2.99. The first-order valence-electron chi connectivity index (χ1n) is 7.87. The van der Waals surface area contributed by atoms with Gasteiger partial charge in [0.25, 0.3) is 5.22 Å². The van der Waals surface area contributed by atoms with Crippen molar-refractivity contribution in [3.8, 4) is 11.3 Å². The van der Waals surface area contributed by atoms with E-state index in [1.807, 2.05) is 48.5 Å². The molecule has 0 atom stereocenters. The molecule has 0 bridgehead atoms. The van der Waals surface area contributed by atoms with Crippen LogP contribution in [0.4, 0.5) is 5.69 Å². The molecule has 0 aliphatic carbocycles. The van der Waals surface area contributed by atoms with Crippen LogP contribution in [0.15, 0.2) is 68.8 Å². The number of rotatable bonds is 6. The average molecular weight is 417 g/mol. The van der Waals surface area contributed by atoms with Gasteiger partial charge in [-0.1, -0.05) is 58.9 Å². The predicted molar refractivity (Wildman–Crippen MR) is 105 cm³/mol. The van der Waals surface area contributed by atoms with Crippen molar-refractivity contribution in [1.82, 2.24) is 4.98 Å². The van der Waals surface area contributed by atoms with Gasteiger partial charge in [-0.3, -0.25) is 4.79 Å². The van der Waals surface area contributed by atoms with Crippen LogP contribution in [0.5, 0.6) is 0 Å². The van der Waals surface area contributed by atoms with Gasteiger partial charge in [-0.2, -0.15) is 0 Å². The molecule has 0 aliphatic heterocycles. The van der Waals surface area contributed by atoms with Gasteiger partial charge in [0.05, 0.1) is 11.9 Å². The highest BCUT2D eigenvalue weighted by atomic mass is 79.9. The molecule has 0 saturated heterocycles. The minimum atomic E-state index is -0.0855. The van der Waals surface area contributed by atoms with Gasteiger partial charge in [0.1, 0.15) is 0 Å². The number of hydrogen-bond acceptors (Lipinski definition) is 4. The van der Waals surface area contributed by atoms with E-state index in [1.54, 1.807) is 6.20 Å². The van der Waals surface area contributed by atoms with Crippen LogP contribution in [0.3, 0.4) is 0 Å². The van der Waals surface area contributed by atoms with Crippen molar-refractivity contribution in [2.45, 2.75) is 18.6 Å². The molecule has 1 N–H and O–H groups in total. The Balaban J connectivity index is 1.54. The zero-order valence-corrected chi connectivity index (χ0v) is 16.1. The highest BCUT2D eigenvalue weighted by molar-refractivity contribution is 9.10. The summed E-state index contributed by atoms with van der Waals surface area (Å²) in [5.74, 6) is 0.846. The summed E-state index contributed by atoms with van der Waals surface area (Å²) < 4.78 is 6.71. The lowest BCUT2D eigenvalue weighted by molar-refractivity contribution is -0.113. The van der Waals surface area contributed by atoms with Crippen LogP contribution in [0, 0.1) is 0 Å². The number of amides is 1. The minimum Gasteiger partial charge on any atom is -0.431 e. The standard InChI is InChI=1S/C19H17BrN2O2S/c1-2-13-3-9-16(10-4-13)22-18(23)12-25-19-21-11-17(24-19)14-5-7-15(20)8-6-14/h3-11H,2,12H2,1H3,(H,22,23). The summed E-state index contributed by atoms with van der Waals surface area (Å²) >= 11 is 4.68. The second-order valence-corrected chi connectivity index (χ2v) is 7.23. The fourth-order valence-corrected chi connectivity index (χ4v) is 3.09. The number of thioether (sulfide) groups is 1. The van der Waals surface area contributed by atoms with Gasteiger partial charge in [-0.25, -0.2) is 4.98 Å². The summed E-state index contributed by atoms with van der Waals surface area (Å²) in [4.78, 5) is 16.3. The molecule has 0 unspecified atom stereocenters. The monoisotopic (exact) mass is 416 g/mol. The number of oxazole rings is 1. The summed E-state index contributed by atoms with van der Waals surface area (Å²) in [6.45, 7) is 2.10. The van der Waals surface area contributed by atoms with E-state index in [1.165, 1.54) is 17.3 Å². The van der Waals surface area contributed by atoms with E-state index in [0.29, 0.717) is 11.0 Å². The fraction of sp³-hybridized carbons (Fsp3) is 0.158. The number of anilines is 1. The molecule has 6 heteroatoms. The zero-order valence-electron chi connectivity index (χ0n) is 13.7. The second kappa shape index (κ2) is 8.36. The topological polar surface area (TPSA) is 55.1 Å². The second-order valence-electron chi connectivity index (χ2n) is 5.38. The third kappa shape index (κ3) is 4.96. The van der Waals surface area contributed by atoms with Crippen LogP contribution in [0.1, 0.15) is 12.5 Å². The van der Waals surface area contributed by atoms with E-state index in [2.05, 4.69) is 33.2 Å². The molecule has 3 aromatic rings. The Morgan fingerprint density at radius 2 is 1.88 bits per heavy atom. The fourth-order valence-electron chi connectivity index (χ4n) is 2.22. The number of carbonyl (C=O) groups excluding carboxylic acids is 1. The molecule has 0 spiro atoms. The van der Waals surface area contributed by atoms with E-state index in [0.717, 1.165) is 22.1 Å². The molecule has 1 heterocycles. The Kier molecular flexibility index (Phi) is 5.94. The number of nitrogens with one attached hydrogen (secondary N) is 1. The van der Waals surface area contributed by atoms with E-state index < -0.39 is 0 Å². The number of hydrogen-bond donors (Lipinski definition) is 1.